The topological polar surface area (TPSA) is 76.2 Å². The highest BCUT2D eigenvalue weighted by atomic mass is 32.2. The summed E-state index contributed by atoms with van der Waals surface area (Å²) in [5.41, 5.74) is 1.90. The first kappa shape index (κ1) is 21.1. The molecule has 1 saturated heterocycles. The first-order valence-corrected chi connectivity index (χ1v) is 10.8. The van der Waals surface area contributed by atoms with Crippen LogP contribution in [0.15, 0.2) is 47.4 Å². The smallest absolute Gasteiger partial charge is 0.243 e. The van der Waals surface area contributed by atoms with E-state index in [1.807, 2.05) is 25.1 Å². The van der Waals surface area contributed by atoms with E-state index in [1.54, 1.807) is 24.1 Å². The Morgan fingerprint density at radius 3 is 2.21 bits per heavy atom. The Kier molecular flexibility index (Phi) is 6.44. The molecular formula is C21H26N2O5S. The van der Waals surface area contributed by atoms with E-state index < -0.39 is 10.0 Å². The van der Waals surface area contributed by atoms with Crippen LogP contribution >= 0.6 is 0 Å². The molecule has 29 heavy (non-hydrogen) atoms. The van der Waals surface area contributed by atoms with Crippen LogP contribution in [0, 0.1) is 6.92 Å². The van der Waals surface area contributed by atoms with E-state index in [0.29, 0.717) is 24.6 Å². The van der Waals surface area contributed by atoms with Gasteiger partial charge in [0.25, 0.3) is 0 Å². The molecule has 0 atom stereocenters. The Morgan fingerprint density at radius 1 is 0.966 bits per heavy atom. The highest BCUT2D eigenvalue weighted by Crippen LogP contribution is 2.23. The normalized spacial score (nSPS) is 15.2. The van der Waals surface area contributed by atoms with Gasteiger partial charge in [0, 0.05) is 31.7 Å². The van der Waals surface area contributed by atoms with E-state index in [-0.39, 0.29) is 30.3 Å². The van der Waals surface area contributed by atoms with Crippen molar-refractivity contribution in [2.24, 2.45) is 0 Å². The average molecular weight is 419 g/mol. The largest absolute Gasteiger partial charge is 0.497 e. The number of amides is 1. The van der Waals surface area contributed by atoms with Crippen molar-refractivity contribution in [2.75, 3.05) is 40.4 Å². The second-order valence-corrected chi connectivity index (χ2v) is 8.89. The van der Waals surface area contributed by atoms with E-state index >= 15 is 0 Å². The van der Waals surface area contributed by atoms with Gasteiger partial charge in [0.15, 0.2) is 0 Å². The van der Waals surface area contributed by atoms with Crippen molar-refractivity contribution >= 4 is 15.9 Å². The summed E-state index contributed by atoms with van der Waals surface area (Å²) in [4.78, 5) is 14.7. The minimum absolute atomic E-state index is 0.0320. The van der Waals surface area contributed by atoms with E-state index in [2.05, 4.69) is 0 Å². The average Bonchev–Trinajstić information content (AvgIpc) is 2.74. The Balaban J connectivity index is 1.64. The summed E-state index contributed by atoms with van der Waals surface area (Å²) in [6, 6.07) is 12.1. The van der Waals surface area contributed by atoms with Crippen LogP contribution in [0.1, 0.15) is 11.1 Å². The van der Waals surface area contributed by atoms with Crippen molar-refractivity contribution in [3.05, 3.63) is 53.6 Å². The van der Waals surface area contributed by atoms with Crippen LogP contribution in [-0.4, -0.2) is 63.9 Å². The van der Waals surface area contributed by atoms with Crippen molar-refractivity contribution in [1.82, 2.24) is 9.21 Å². The molecule has 1 amide bonds. The lowest BCUT2D eigenvalue weighted by atomic mass is 10.1. The number of carbonyl (C=O) groups is 1. The predicted molar refractivity (Wildman–Crippen MR) is 110 cm³/mol. The highest BCUT2D eigenvalue weighted by molar-refractivity contribution is 7.89. The monoisotopic (exact) mass is 418 g/mol. The number of benzene rings is 2. The summed E-state index contributed by atoms with van der Waals surface area (Å²) in [5.74, 6) is 1.26. The van der Waals surface area contributed by atoms with Gasteiger partial charge in [-0.15, -0.1) is 0 Å². The lowest BCUT2D eigenvalue weighted by Gasteiger charge is -2.34. The number of hydrogen-bond acceptors (Lipinski definition) is 5. The van der Waals surface area contributed by atoms with Crippen LogP contribution in [0.3, 0.4) is 0 Å². The number of methoxy groups -OCH3 is 2. The van der Waals surface area contributed by atoms with Gasteiger partial charge in [-0.25, -0.2) is 8.42 Å². The molecule has 1 heterocycles. The molecular weight excluding hydrogens is 392 g/mol. The van der Waals surface area contributed by atoms with Gasteiger partial charge in [0.2, 0.25) is 15.9 Å². The summed E-state index contributed by atoms with van der Waals surface area (Å²) in [6.07, 6.45) is 0.232. The van der Waals surface area contributed by atoms with Gasteiger partial charge in [0.1, 0.15) is 11.5 Å². The van der Waals surface area contributed by atoms with Crippen LogP contribution in [0.2, 0.25) is 0 Å². The summed E-state index contributed by atoms with van der Waals surface area (Å²) in [6.45, 7) is 3.23. The van der Waals surface area contributed by atoms with Crippen molar-refractivity contribution in [1.29, 1.82) is 0 Å². The quantitative estimate of drug-likeness (QED) is 0.718. The standard InChI is InChI=1S/C21H26N2O5S/c1-16-4-9-20(28-3)17(14-16)15-21(24)22-10-12-23(13-11-22)29(25,26)19-7-5-18(27-2)6-8-19/h4-9,14H,10-13,15H2,1-3H3. The summed E-state index contributed by atoms with van der Waals surface area (Å²) < 4.78 is 37.5. The molecule has 0 N–H and O–H groups in total. The highest BCUT2D eigenvalue weighted by Gasteiger charge is 2.30. The van der Waals surface area contributed by atoms with Crippen molar-refractivity contribution < 1.29 is 22.7 Å². The first-order valence-electron chi connectivity index (χ1n) is 9.40. The molecule has 1 aliphatic heterocycles. The number of sulfonamides is 1. The molecule has 0 radical (unpaired) electrons. The first-order chi connectivity index (χ1) is 13.8. The third-order valence-electron chi connectivity index (χ3n) is 5.07. The molecule has 0 spiro atoms. The Morgan fingerprint density at radius 2 is 1.62 bits per heavy atom. The van der Waals surface area contributed by atoms with Crippen molar-refractivity contribution in [3.8, 4) is 11.5 Å². The van der Waals surface area contributed by atoms with Gasteiger partial charge < -0.3 is 14.4 Å². The molecule has 8 heteroatoms. The third kappa shape index (κ3) is 4.71. The van der Waals surface area contributed by atoms with Crippen molar-refractivity contribution in [2.45, 2.75) is 18.2 Å². The lowest BCUT2D eigenvalue weighted by molar-refractivity contribution is -0.131. The number of ether oxygens (including phenoxy) is 2. The van der Waals surface area contributed by atoms with Gasteiger partial charge in [-0.05, 0) is 37.3 Å². The van der Waals surface area contributed by atoms with Gasteiger partial charge in [-0.3, -0.25) is 4.79 Å². The molecule has 0 saturated carbocycles. The number of carbonyl (C=O) groups excluding carboxylic acids is 1. The second kappa shape index (κ2) is 8.84. The van der Waals surface area contributed by atoms with Gasteiger partial charge >= 0.3 is 0 Å². The van der Waals surface area contributed by atoms with Crippen LogP contribution in [0.5, 0.6) is 11.5 Å². The van der Waals surface area contributed by atoms with Crippen LogP contribution < -0.4 is 9.47 Å². The Hall–Kier alpha value is -2.58. The van der Waals surface area contributed by atoms with Crippen LogP contribution in [-0.2, 0) is 21.2 Å². The molecule has 1 fully saturated rings. The van der Waals surface area contributed by atoms with Crippen molar-refractivity contribution in [3.63, 3.8) is 0 Å². The number of aryl methyl sites for hydroxylation is 1. The van der Waals surface area contributed by atoms with E-state index in [9.17, 15) is 13.2 Å². The molecule has 2 aromatic carbocycles. The summed E-state index contributed by atoms with van der Waals surface area (Å²) in [5, 5.41) is 0. The summed E-state index contributed by atoms with van der Waals surface area (Å²) >= 11 is 0. The second-order valence-electron chi connectivity index (χ2n) is 6.95. The fourth-order valence-electron chi connectivity index (χ4n) is 3.39. The molecule has 1 aliphatic rings. The van der Waals surface area contributed by atoms with Crippen LogP contribution in [0.25, 0.3) is 0 Å². The minimum Gasteiger partial charge on any atom is -0.497 e. The minimum atomic E-state index is -3.59. The van der Waals surface area contributed by atoms with Crippen LogP contribution in [0.4, 0.5) is 0 Å². The van der Waals surface area contributed by atoms with Gasteiger partial charge in [0.05, 0.1) is 25.5 Å². The molecule has 3 rings (SSSR count). The van der Waals surface area contributed by atoms with E-state index in [1.165, 1.54) is 23.5 Å². The summed E-state index contributed by atoms with van der Waals surface area (Å²) in [7, 11) is -0.473. The zero-order valence-electron chi connectivity index (χ0n) is 16.9. The number of rotatable bonds is 6. The zero-order chi connectivity index (χ0) is 21.0. The third-order valence-corrected chi connectivity index (χ3v) is 6.98. The molecule has 0 unspecified atom stereocenters. The number of piperazine rings is 1. The van der Waals surface area contributed by atoms with Gasteiger partial charge in [-0.2, -0.15) is 4.31 Å². The van der Waals surface area contributed by atoms with Gasteiger partial charge in [-0.1, -0.05) is 17.7 Å². The molecule has 0 bridgehead atoms. The molecule has 7 nitrogen and oxygen atoms in total. The molecule has 2 aromatic rings. The lowest BCUT2D eigenvalue weighted by Crippen LogP contribution is -2.50. The Labute approximate surface area is 171 Å². The molecule has 0 aliphatic carbocycles. The fourth-order valence-corrected chi connectivity index (χ4v) is 4.82. The maximum absolute atomic E-state index is 12.8. The zero-order valence-corrected chi connectivity index (χ0v) is 17.7. The fraction of sp³-hybridized carbons (Fsp3) is 0.381. The molecule has 156 valence electrons. The number of nitrogens with zero attached hydrogens (tertiary/aromatic N) is 2. The number of hydrogen-bond donors (Lipinski definition) is 0. The predicted octanol–water partition coefficient (Wildman–Crippen LogP) is 2.09. The Bertz CT molecular complexity index is 965. The maximum atomic E-state index is 12.8. The molecule has 0 aromatic heterocycles. The van der Waals surface area contributed by atoms with E-state index in [4.69, 9.17) is 9.47 Å². The SMILES string of the molecule is COc1ccc(S(=O)(=O)N2CCN(C(=O)Cc3cc(C)ccc3OC)CC2)cc1. The van der Waals surface area contributed by atoms with E-state index in [0.717, 1.165) is 11.1 Å². The maximum Gasteiger partial charge on any atom is 0.243 e.